The molecule has 11 heteroatoms. The van der Waals surface area contributed by atoms with Gasteiger partial charge >= 0.3 is 5.69 Å². The zero-order valence-electron chi connectivity index (χ0n) is 15.4. The molecule has 0 amide bonds. The van der Waals surface area contributed by atoms with Gasteiger partial charge in [0.1, 0.15) is 17.4 Å². The maximum Gasteiger partial charge on any atom is 0.369 e. The number of benzene rings is 2. The van der Waals surface area contributed by atoms with Crippen molar-refractivity contribution in [1.29, 1.82) is 0 Å². The van der Waals surface area contributed by atoms with E-state index in [4.69, 9.17) is 0 Å². The molecule has 152 valence electrons. The van der Waals surface area contributed by atoms with E-state index in [9.17, 15) is 17.6 Å². The summed E-state index contributed by atoms with van der Waals surface area (Å²) in [6, 6.07) is 14.3. The number of tetrazole rings is 1. The van der Waals surface area contributed by atoms with Crippen LogP contribution in [-0.4, -0.2) is 63.6 Å². The van der Waals surface area contributed by atoms with Crippen LogP contribution in [0.25, 0.3) is 5.69 Å². The van der Waals surface area contributed by atoms with Crippen LogP contribution in [0.3, 0.4) is 0 Å². The van der Waals surface area contributed by atoms with E-state index in [1.54, 1.807) is 24.3 Å². The summed E-state index contributed by atoms with van der Waals surface area (Å²) >= 11 is 0. The zero-order chi connectivity index (χ0) is 20.4. The van der Waals surface area contributed by atoms with Crippen molar-refractivity contribution in [2.75, 3.05) is 26.2 Å². The van der Waals surface area contributed by atoms with Crippen molar-refractivity contribution in [2.24, 2.45) is 0 Å². The zero-order valence-corrected chi connectivity index (χ0v) is 16.2. The molecule has 29 heavy (non-hydrogen) atoms. The van der Waals surface area contributed by atoms with Gasteiger partial charge in [0.25, 0.3) is 0 Å². The molecule has 0 aliphatic carbocycles. The molecular weight excluding hydrogens is 399 g/mol. The minimum atomic E-state index is -3.90. The molecule has 1 aromatic heterocycles. The number of hydrogen-bond acceptors (Lipinski definition) is 6. The van der Waals surface area contributed by atoms with E-state index in [2.05, 4.69) is 10.4 Å². The third-order valence-electron chi connectivity index (χ3n) is 4.76. The summed E-state index contributed by atoms with van der Waals surface area (Å²) in [5.74, 6) is -0.765. The molecule has 9 nitrogen and oxygen atoms in total. The fourth-order valence-electron chi connectivity index (χ4n) is 3.19. The van der Waals surface area contributed by atoms with Crippen molar-refractivity contribution in [1.82, 2.24) is 29.0 Å². The third-order valence-corrected chi connectivity index (χ3v) is 6.69. The van der Waals surface area contributed by atoms with Crippen molar-refractivity contribution in [3.63, 3.8) is 0 Å². The molecule has 0 saturated carbocycles. The van der Waals surface area contributed by atoms with Gasteiger partial charge in [-0.25, -0.2) is 17.6 Å². The maximum absolute atomic E-state index is 13.9. The number of piperazine rings is 1. The second-order valence-electron chi connectivity index (χ2n) is 6.60. The maximum atomic E-state index is 13.9. The van der Waals surface area contributed by atoms with Crippen LogP contribution in [-0.2, 0) is 16.7 Å². The van der Waals surface area contributed by atoms with E-state index in [0.717, 1.165) is 6.07 Å². The predicted octanol–water partition coefficient (Wildman–Crippen LogP) is 0.532. The van der Waals surface area contributed by atoms with Crippen LogP contribution >= 0.6 is 0 Å². The largest absolute Gasteiger partial charge is 0.369 e. The van der Waals surface area contributed by atoms with Crippen LogP contribution in [0.2, 0.25) is 0 Å². The Morgan fingerprint density at radius 1 is 0.897 bits per heavy atom. The minimum absolute atomic E-state index is 0.193. The van der Waals surface area contributed by atoms with Gasteiger partial charge in [-0.2, -0.15) is 13.7 Å². The van der Waals surface area contributed by atoms with Gasteiger partial charge in [0.05, 0.1) is 5.69 Å². The summed E-state index contributed by atoms with van der Waals surface area (Å²) in [4.78, 5) is 14.1. The number of nitrogens with zero attached hydrogens (tertiary/aromatic N) is 6. The van der Waals surface area contributed by atoms with E-state index in [1.165, 1.54) is 31.9 Å². The quantitative estimate of drug-likeness (QED) is 0.600. The van der Waals surface area contributed by atoms with Crippen LogP contribution in [0.5, 0.6) is 0 Å². The van der Waals surface area contributed by atoms with E-state index in [-0.39, 0.29) is 30.3 Å². The summed E-state index contributed by atoms with van der Waals surface area (Å²) in [5, 5.41) is 7.80. The van der Waals surface area contributed by atoms with Gasteiger partial charge in [-0.15, -0.1) is 0 Å². The highest BCUT2D eigenvalue weighted by molar-refractivity contribution is 7.89. The lowest BCUT2D eigenvalue weighted by atomic mass is 10.3. The number of para-hydroxylation sites is 1. The lowest BCUT2D eigenvalue weighted by Crippen LogP contribution is -2.49. The standard InChI is InChI=1S/C18H19FN6O3S/c19-16-8-4-5-9-17(16)29(27,28)23-12-10-22(11-13-23)14-24-18(26)25(21-20-24)15-6-2-1-3-7-15/h1-9H,10-14H2. The van der Waals surface area contributed by atoms with Crippen molar-refractivity contribution >= 4 is 10.0 Å². The van der Waals surface area contributed by atoms with E-state index in [0.29, 0.717) is 18.8 Å². The lowest BCUT2D eigenvalue weighted by Gasteiger charge is -2.33. The summed E-state index contributed by atoms with van der Waals surface area (Å²) in [7, 11) is -3.90. The first kappa shape index (κ1) is 19.4. The summed E-state index contributed by atoms with van der Waals surface area (Å²) in [6.07, 6.45) is 0. The normalized spacial score (nSPS) is 16.2. The molecule has 2 aromatic carbocycles. The fourth-order valence-corrected chi connectivity index (χ4v) is 4.68. The van der Waals surface area contributed by atoms with Crippen LogP contribution in [0, 0.1) is 5.82 Å². The predicted molar refractivity (Wildman–Crippen MR) is 102 cm³/mol. The van der Waals surface area contributed by atoms with Gasteiger partial charge in [-0.3, -0.25) is 4.90 Å². The number of halogens is 1. The smallest absolute Gasteiger partial charge is 0.282 e. The average Bonchev–Trinajstić information content (AvgIpc) is 3.09. The minimum Gasteiger partial charge on any atom is -0.282 e. The highest BCUT2D eigenvalue weighted by Crippen LogP contribution is 2.20. The Labute approximate surface area is 166 Å². The molecule has 1 aliphatic rings. The van der Waals surface area contributed by atoms with E-state index < -0.39 is 15.8 Å². The molecule has 3 aromatic rings. The molecular formula is C18H19FN6O3S. The van der Waals surface area contributed by atoms with Crippen molar-refractivity contribution in [2.45, 2.75) is 11.6 Å². The highest BCUT2D eigenvalue weighted by atomic mass is 32.2. The van der Waals surface area contributed by atoms with Crippen LogP contribution in [0.1, 0.15) is 0 Å². The molecule has 0 bridgehead atoms. The first-order valence-corrected chi connectivity index (χ1v) is 10.5. The van der Waals surface area contributed by atoms with E-state index >= 15 is 0 Å². The van der Waals surface area contributed by atoms with Gasteiger partial charge < -0.3 is 0 Å². The van der Waals surface area contributed by atoms with Gasteiger partial charge in [-0.1, -0.05) is 30.3 Å². The molecule has 4 rings (SSSR count). The molecule has 0 radical (unpaired) electrons. The molecule has 0 spiro atoms. The Morgan fingerprint density at radius 3 is 2.24 bits per heavy atom. The molecule has 0 unspecified atom stereocenters. The first-order chi connectivity index (χ1) is 14.0. The second-order valence-corrected chi connectivity index (χ2v) is 8.51. The summed E-state index contributed by atoms with van der Waals surface area (Å²) in [5.41, 5.74) is 0.238. The van der Waals surface area contributed by atoms with Crippen LogP contribution in [0.4, 0.5) is 4.39 Å². The third kappa shape index (κ3) is 3.84. The molecule has 1 aliphatic heterocycles. The fraction of sp³-hybridized carbons (Fsp3) is 0.278. The molecule has 1 fully saturated rings. The Hall–Kier alpha value is -2.89. The van der Waals surface area contributed by atoms with Gasteiger partial charge in [0.2, 0.25) is 10.0 Å². The van der Waals surface area contributed by atoms with Crippen molar-refractivity contribution in [3.05, 3.63) is 70.9 Å². The van der Waals surface area contributed by atoms with Crippen molar-refractivity contribution in [3.8, 4) is 5.69 Å². The number of sulfonamides is 1. The molecule has 2 heterocycles. The Kier molecular flexibility index (Phi) is 5.26. The Balaban J connectivity index is 1.43. The Morgan fingerprint density at radius 2 is 1.55 bits per heavy atom. The van der Waals surface area contributed by atoms with Crippen LogP contribution < -0.4 is 5.69 Å². The number of rotatable bonds is 5. The SMILES string of the molecule is O=c1n(CN2CCN(S(=O)(=O)c3ccccc3F)CC2)nnn1-c1ccccc1. The Bertz CT molecular complexity index is 1150. The van der Waals surface area contributed by atoms with Crippen molar-refractivity contribution < 1.29 is 12.8 Å². The monoisotopic (exact) mass is 418 g/mol. The topological polar surface area (TPSA) is 93.3 Å². The molecule has 1 saturated heterocycles. The average molecular weight is 418 g/mol. The summed E-state index contributed by atoms with van der Waals surface area (Å²) in [6.45, 7) is 1.35. The molecule has 0 atom stereocenters. The summed E-state index contributed by atoms with van der Waals surface area (Å²) < 4.78 is 43.0. The van der Waals surface area contributed by atoms with E-state index in [1.807, 2.05) is 11.0 Å². The first-order valence-electron chi connectivity index (χ1n) is 9.02. The highest BCUT2D eigenvalue weighted by Gasteiger charge is 2.30. The van der Waals surface area contributed by atoms with Gasteiger partial charge in [-0.05, 0) is 34.7 Å². The molecule has 0 N–H and O–H groups in total. The van der Waals surface area contributed by atoms with Gasteiger partial charge in [0.15, 0.2) is 0 Å². The number of hydrogen-bond donors (Lipinski definition) is 0. The van der Waals surface area contributed by atoms with Crippen LogP contribution in [0.15, 0.2) is 64.3 Å². The van der Waals surface area contributed by atoms with Gasteiger partial charge in [0, 0.05) is 26.2 Å². The lowest BCUT2D eigenvalue weighted by molar-refractivity contribution is 0.142. The number of aromatic nitrogens is 4. The second kappa shape index (κ2) is 7.85.